The molecule has 3 aromatic rings. The van der Waals surface area contributed by atoms with Gasteiger partial charge in [-0.1, -0.05) is 43.2 Å². The number of benzene rings is 2. The van der Waals surface area contributed by atoms with Gasteiger partial charge in [0.2, 0.25) is 0 Å². The monoisotopic (exact) mass is 436 g/mol. The first-order valence-corrected chi connectivity index (χ1v) is 14.1. The molecule has 1 saturated carbocycles. The summed E-state index contributed by atoms with van der Waals surface area (Å²) in [5.74, 6) is 4.14. The number of nitrogens with one attached hydrogen (secondary N) is 1. The van der Waals surface area contributed by atoms with Crippen LogP contribution >= 0.6 is 11.6 Å². The highest BCUT2D eigenvalue weighted by Gasteiger charge is 2.48. The van der Waals surface area contributed by atoms with Crippen LogP contribution in [0.5, 0.6) is 5.75 Å². The van der Waals surface area contributed by atoms with Gasteiger partial charge in [0, 0.05) is 11.1 Å². The Hall–Kier alpha value is -2.55. The Morgan fingerprint density at radius 1 is 1.20 bits per heavy atom. The average Bonchev–Trinajstić information content (AvgIpc) is 3.08. The third kappa shape index (κ3) is 3.15. The molecule has 6 heteroatoms. The van der Waals surface area contributed by atoms with Crippen LogP contribution in [0.2, 0.25) is 24.7 Å². The van der Waals surface area contributed by atoms with E-state index >= 15 is 0 Å². The smallest absolute Gasteiger partial charge is 0.151 e. The Morgan fingerprint density at radius 3 is 2.67 bits per heavy atom. The summed E-state index contributed by atoms with van der Waals surface area (Å²) in [6.45, 7) is 6.68. The topological polar surface area (TPSA) is 37.9 Å². The molecule has 0 unspecified atom stereocenters. The quantitative estimate of drug-likeness (QED) is 0.347. The normalized spacial score (nSPS) is 16.0. The third-order valence-electron chi connectivity index (χ3n) is 5.64. The molecule has 3 nitrogen and oxygen atoms in total. The van der Waals surface area contributed by atoms with E-state index in [1.807, 2.05) is 18.2 Å². The second-order valence-electron chi connectivity index (χ2n) is 9.07. The molecule has 1 N–H and O–H groups in total. The molecule has 1 aliphatic carbocycles. The van der Waals surface area contributed by atoms with Crippen molar-refractivity contribution in [3.05, 3.63) is 58.5 Å². The zero-order valence-corrected chi connectivity index (χ0v) is 19.0. The predicted octanol–water partition coefficient (Wildman–Crippen LogP) is 6.54. The van der Waals surface area contributed by atoms with E-state index in [2.05, 4.69) is 36.1 Å². The maximum absolute atomic E-state index is 14.5. The molecular formula is C24H22ClFN2OSi. The maximum atomic E-state index is 14.5. The molecule has 0 saturated heterocycles. The van der Waals surface area contributed by atoms with E-state index in [9.17, 15) is 4.39 Å². The molecule has 0 atom stereocenters. The summed E-state index contributed by atoms with van der Waals surface area (Å²) in [4.78, 5) is 8.13. The number of fused-ring (bicyclic) bond motifs is 4. The lowest BCUT2D eigenvalue weighted by Gasteiger charge is -2.44. The van der Waals surface area contributed by atoms with Crippen LogP contribution in [0.15, 0.2) is 36.4 Å². The van der Waals surface area contributed by atoms with E-state index in [0.29, 0.717) is 16.4 Å². The molecule has 2 heterocycles. The number of hydrogen-bond donors (Lipinski definition) is 1. The minimum atomic E-state index is -1.47. The van der Waals surface area contributed by atoms with Gasteiger partial charge in [-0.2, -0.15) is 0 Å². The number of hydrogen-bond acceptors (Lipinski definition) is 2. The Kier molecular flexibility index (Phi) is 4.35. The van der Waals surface area contributed by atoms with Gasteiger partial charge in [-0.15, -0.1) is 5.54 Å². The number of aromatic nitrogens is 2. The van der Waals surface area contributed by atoms with Crippen LogP contribution in [-0.2, 0) is 5.60 Å². The highest BCUT2D eigenvalue weighted by Crippen LogP contribution is 2.53. The number of nitrogens with zero attached hydrogens (tertiary/aromatic N) is 1. The summed E-state index contributed by atoms with van der Waals surface area (Å²) < 4.78 is 21.0. The minimum absolute atomic E-state index is 0.294. The summed E-state index contributed by atoms with van der Waals surface area (Å²) in [6.07, 6.45) is 2.88. The lowest BCUT2D eigenvalue weighted by atomic mass is 9.75. The number of H-pyrrole nitrogens is 1. The number of imidazole rings is 1. The highest BCUT2D eigenvalue weighted by molar-refractivity contribution is 6.83. The number of halogens is 2. The van der Waals surface area contributed by atoms with Crippen molar-refractivity contribution in [2.75, 3.05) is 0 Å². The second-order valence-corrected chi connectivity index (χ2v) is 14.2. The van der Waals surface area contributed by atoms with Crippen LogP contribution in [0.25, 0.3) is 22.6 Å². The van der Waals surface area contributed by atoms with Crippen LogP contribution in [0.1, 0.15) is 30.5 Å². The molecular weight excluding hydrogens is 415 g/mol. The van der Waals surface area contributed by atoms with E-state index in [4.69, 9.17) is 21.3 Å². The molecule has 0 bridgehead atoms. The van der Waals surface area contributed by atoms with E-state index in [0.717, 1.165) is 47.5 Å². The Bertz CT molecular complexity index is 1210. The summed E-state index contributed by atoms with van der Waals surface area (Å²) in [6, 6.07) is 10.7. The Labute approximate surface area is 181 Å². The highest BCUT2D eigenvalue weighted by atomic mass is 35.5. The van der Waals surface area contributed by atoms with E-state index in [-0.39, 0.29) is 0 Å². The zero-order chi connectivity index (χ0) is 21.1. The second kappa shape index (κ2) is 6.73. The number of rotatable bonds is 1. The largest absolute Gasteiger partial charge is 0.480 e. The van der Waals surface area contributed by atoms with Crippen molar-refractivity contribution in [3.63, 3.8) is 0 Å². The Morgan fingerprint density at radius 2 is 2.00 bits per heavy atom. The van der Waals surface area contributed by atoms with Gasteiger partial charge in [0.25, 0.3) is 0 Å². The van der Waals surface area contributed by atoms with Gasteiger partial charge in [0.1, 0.15) is 25.5 Å². The lowest BCUT2D eigenvalue weighted by molar-refractivity contribution is -0.0180. The molecule has 2 aromatic carbocycles. The molecule has 1 aliphatic heterocycles. The first-order valence-electron chi connectivity index (χ1n) is 10.2. The SMILES string of the molecule is C[Si](C)(C)C#Cc1ccc2c(c1)OC1(CCC1)c1[nH]c(-c3c(F)cccc3Cl)nc1-2. The average molecular weight is 437 g/mol. The first-order chi connectivity index (χ1) is 14.3. The van der Waals surface area contributed by atoms with Crippen molar-refractivity contribution in [1.82, 2.24) is 9.97 Å². The van der Waals surface area contributed by atoms with Gasteiger partial charge in [-0.05, 0) is 49.6 Å². The standard InChI is InChI=1S/C24H22ClFN2OSi/c1-30(2,3)13-10-15-8-9-16-19(14-15)29-24(11-5-12-24)22-21(16)27-23(28-22)20-17(25)6-4-7-18(20)26/h4,6-9,14H,5,11-12H2,1-3H3,(H,27,28). The fourth-order valence-corrected chi connectivity index (χ4v) is 4.76. The van der Waals surface area contributed by atoms with Crippen LogP contribution in [0, 0.1) is 17.3 Å². The minimum Gasteiger partial charge on any atom is -0.480 e. The lowest BCUT2D eigenvalue weighted by Crippen LogP contribution is -2.42. The van der Waals surface area contributed by atoms with Crippen molar-refractivity contribution in [2.24, 2.45) is 0 Å². The van der Waals surface area contributed by atoms with Crippen molar-refractivity contribution < 1.29 is 9.13 Å². The molecule has 1 aromatic heterocycles. The predicted molar refractivity (Wildman–Crippen MR) is 121 cm³/mol. The van der Waals surface area contributed by atoms with Crippen LogP contribution in [0.3, 0.4) is 0 Å². The third-order valence-corrected chi connectivity index (χ3v) is 6.83. The molecule has 0 radical (unpaired) electrons. The van der Waals surface area contributed by atoms with Gasteiger partial charge in [0.15, 0.2) is 5.60 Å². The van der Waals surface area contributed by atoms with Gasteiger partial charge in [-0.3, -0.25) is 0 Å². The fourth-order valence-electron chi connectivity index (χ4n) is 3.99. The van der Waals surface area contributed by atoms with Gasteiger partial charge in [-0.25, -0.2) is 9.37 Å². The summed E-state index contributed by atoms with van der Waals surface area (Å²) in [5, 5.41) is 0.335. The van der Waals surface area contributed by atoms with E-state index < -0.39 is 19.5 Å². The first kappa shape index (κ1) is 19.4. The van der Waals surface area contributed by atoms with E-state index in [1.165, 1.54) is 6.07 Å². The van der Waals surface area contributed by atoms with Crippen LogP contribution < -0.4 is 4.74 Å². The van der Waals surface area contributed by atoms with Gasteiger partial charge >= 0.3 is 0 Å². The fraction of sp³-hybridized carbons (Fsp3) is 0.292. The van der Waals surface area contributed by atoms with Gasteiger partial charge < -0.3 is 9.72 Å². The Balaban J connectivity index is 1.65. The summed E-state index contributed by atoms with van der Waals surface area (Å²) >= 11 is 6.30. The molecule has 2 aliphatic rings. The molecule has 1 spiro atoms. The zero-order valence-electron chi connectivity index (χ0n) is 17.2. The molecule has 152 valence electrons. The van der Waals surface area contributed by atoms with Crippen LogP contribution in [0.4, 0.5) is 4.39 Å². The van der Waals surface area contributed by atoms with Crippen LogP contribution in [-0.4, -0.2) is 18.0 Å². The molecule has 0 amide bonds. The summed E-state index contributed by atoms with van der Waals surface area (Å²) in [5.41, 5.74) is 6.84. The summed E-state index contributed by atoms with van der Waals surface area (Å²) in [7, 11) is -1.47. The van der Waals surface area contributed by atoms with Crippen molar-refractivity contribution in [2.45, 2.75) is 44.5 Å². The van der Waals surface area contributed by atoms with Gasteiger partial charge in [0.05, 0.1) is 22.0 Å². The van der Waals surface area contributed by atoms with E-state index in [1.54, 1.807) is 12.1 Å². The van der Waals surface area contributed by atoms with Crippen molar-refractivity contribution in [1.29, 1.82) is 0 Å². The van der Waals surface area contributed by atoms with Crippen molar-refractivity contribution in [3.8, 4) is 39.9 Å². The molecule has 5 rings (SSSR count). The van der Waals surface area contributed by atoms with Crippen molar-refractivity contribution >= 4 is 19.7 Å². The number of ether oxygens (including phenoxy) is 1. The maximum Gasteiger partial charge on any atom is 0.151 e. The number of aromatic amines is 1. The molecule has 30 heavy (non-hydrogen) atoms. The molecule has 1 fully saturated rings.